The smallest absolute Gasteiger partial charge is 0.309 e. The summed E-state index contributed by atoms with van der Waals surface area (Å²) in [4.78, 5) is 22.5. The Hall–Kier alpha value is -0.940. The first-order valence-corrected chi connectivity index (χ1v) is 17.8. The quantitative estimate of drug-likeness (QED) is 0.263. The highest BCUT2D eigenvalue weighted by Crippen LogP contribution is 2.75. The SMILES string of the molecule is CC1CCCC2(C)C1CCC1(C)C2CCC2C3CCCC3(C(=O)O)CC[C@]21C.COCC1CO1.O=CC1CCCCC1. The fraction of sp³-hybridized carbons (Fsp3) is 0.946. The highest BCUT2D eigenvalue weighted by Gasteiger charge is 2.69. The minimum absolute atomic E-state index is 0.346. The van der Waals surface area contributed by atoms with Crippen molar-refractivity contribution in [3.8, 4) is 0 Å². The Morgan fingerprint density at radius 1 is 0.810 bits per heavy atom. The lowest BCUT2D eigenvalue weighted by Crippen LogP contribution is -2.64. The third-order valence-electron chi connectivity index (χ3n) is 14.8. The maximum atomic E-state index is 12.4. The van der Waals surface area contributed by atoms with Crippen LogP contribution in [0.4, 0.5) is 0 Å². The van der Waals surface area contributed by atoms with Crippen LogP contribution in [0.5, 0.6) is 0 Å². The molecule has 5 heteroatoms. The van der Waals surface area contributed by atoms with Gasteiger partial charge in [0.1, 0.15) is 12.4 Å². The molecule has 1 saturated heterocycles. The maximum absolute atomic E-state index is 12.4. The van der Waals surface area contributed by atoms with Gasteiger partial charge in [0.05, 0.1) is 18.6 Å². The molecule has 6 aliphatic carbocycles. The van der Waals surface area contributed by atoms with Gasteiger partial charge in [0, 0.05) is 13.0 Å². The van der Waals surface area contributed by atoms with E-state index in [1.54, 1.807) is 7.11 Å². The molecule has 0 amide bonds. The highest BCUT2D eigenvalue weighted by molar-refractivity contribution is 5.76. The van der Waals surface area contributed by atoms with Crippen LogP contribution in [0.2, 0.25) is 0 Å². The van der Waals surface area contributed by atoms with Gasteiger partial charge in [-0.05, 0) is 116 Å². The van der Waals surface area contributed by atoms with Crippen LogP contribution < -0.4 is 0 Å². The van der Waals surface area contributed by atoms with Crippen LogP contribution in [0, 0.1) is 57.2 Å². The van der Waals surface area contributed by atoms with Crippen LogP contribution in [0.25, 0.3) is 0 Å². The number of hydrogen-bond donors (Lipinski definition) is 1. The molecule has 9 unspecified atom stereocenters. The number of aliphatic carboxylic acids is 1. The van der Waals surface area contributed by atoms with E-state index < -0.39 is 5.97 Å². The van der Waals surface area contributed by atoms with Gasteiger partial charge in [-0.1, -0.05) is 66.2 Å². The Balaban J connectivity index is 0.000000206. The molecule has 6 saturated carbocycles. The van der Waals surface area contributed by atoms with Crippen LogP contribution in [0.1, 0.15) is 137 Å². The molecule has 42 heavy (non-hydrogen) atoms. The van der Waals surface area contributed by atoms with Gasteiger partial charge in [-0.3, -0.25) is 4.79 Å². The Kier molecular flexibility index (Phi) is 9.90. The Labute approximate surface area is 256 Å². The molecule has 0 spiro atoms. The van der Waals surface area contributed by atoms with Gasteiger partial charge in [0.25, 0.3) is 0 Å². The van der Waals surface area contributed by atoms with Crippen molar-refractivity contribution in [2.75, 3.05) is 20.3 Å². The first-order chi connectivity index (χ1) is 20.1. The average molecular weight is 587 g/mol. The molecule has 1 N–H and O–H groups in total. The van der Waals surface area contributed by atoms with Crippen molar-refractivity contribution < 1.29 is 24.2 Å². The van der Waals surface area contributed by atoms with Gasteiger partial charge in [-0.2, -0.15) is 0 Å². The number of fused-ring (bicyclic) bond motifs is 7. The first-order valence-electron chi connectivity index (χ1n) is 17.8. The van der Waals surface area contributed by atoms with Crippen molar-refractivity contribution in [3.05, 3.63) is 0 Å². The average Bonchev–Trinajstić information content (AvgIpc) is 3.68. The van der Waals surface area contributed by atoms with E-state index in [2.05, 4.69) is 27.7 Å². The molecule has 0 aromatic rings. The standard InChI is InChI=1S/C26H42O2.C7H12O.C4H8O2/c1-17-7-5-12-23(2)18(17)11-14-25(4)21(23)10-9-19-20-8-6-13-26(20,22(27)28)16-15-24(19,25)3;8-6-7-4-2-1-3-5-7;1-5-2-4-3-6-4/h17-21H,5-16H2,1-4H3,(H,27,28);6-7H,1-5H2;4H,2-3H2,1H3/t17?,18?,19?,20?,21?,23?,24-,25?,26?;;/m1../s1. The molecular formula is C37H62O5. The molecule has 7 rings (SSSR count). The number of carbonyl (C=O) groups is 2. The summed E-state index contributed by atoms with van der Waals surface area (Å²) in [7, 11) is 1.68. The molecular weight excluding hydrogens is 524 g/mol. The molecule has 5 nitrogen and oxygen atoms in total. The molecule has 1 heterocycles. The second-order valence-corrected chi connectivity index (χ2v) is 16.5. The first kappa shape index (κ1) is 32.5. The summed E-state index contributed by atoms with van der Waals surface area (Å²) in [5.74, 6) is 3.69. The number of hydrogen-bond acceptors (Lipinski definition) is 4. The summed E-state index contributed by atoms with van der Waals surface area (Å²) in [6.45, 7) is 12.1. The zero-order valence-electron chi connectivity index (χ0n) is 27.6. The molecule has 0 aromatic heterocycles. The molecule has 7 fully saturated rings. The number of methoxy groups -OCH3 is 1. The van der Waals surface area contributed by atoms with Crippen molar-refractivity contribution in [2.24, 2.45) is 57.2 Å². The number of carbonyl (C=O) groups excluding carboxylic acids is 1. The number of carboxylic acids is 1. The highest BCUT2D eigenvalue weighted by atomic mass is 16.6. The summed E-state index contributed by atoms with van der Waals surface area (Å²) in [5.41, 5.74) is 0.896. The van der Waals surface area contributed by atoms with Gasteiger partial charge in [0.2, 0.25) is 0 Å². The third kappa shape index (κ3) is 5.65. The van der Waals surface area contributed by atoms with Crippen molar-refractivity contribution in [3.63, 3.8) is 0 Å². The predicted octanol–water partition coefficient (Wildman–Crippen LogP) is 8.72. The number of aldehydes is 1. The van der Waals surface area contributed by atoms with Gasteiger partial charge >= 0.3 is 5.97 Å². The summed E-state index contributed by atoms with van der Waals surface area (Å²) in [6.07, 6.45) is 22.8. The second-order valence-electron chi connectivity index (χ2n) is 16.5. The number of carboxylic acid groups (broad SMARTS) is 1. The molecule has 0 radical (unpaired) electrons. The van der Waals surface area contributed by atoms with Gasteiger partial charge < -0.3 is 19.4 Å². The molecule has 0 bridgehead atoms. The number of epoxide rings is 1. The normalized spacial score (nSPS) is 47.5. The zero-order chi connectivity index (χ0) is 30.2. The van der Waals surface area contributed by atoms with Gasteiger partial charge in [-0.15, -0.1) is 0 Å². The van der Waals surface area contributed by atoms with E-state index in [0.717, 1.165) is 75.8 Å². The van der Waals surface area contributed by atoms with Crippen LogP contribution >= 0.6 is 0 Å². The summed E-state index contributed by atoms with van der Waals surface area (Å²) in [5, 5.41) is 10.2. The van der Waals surface area contributed by atoms with Crippen molar-refractivity contribution in [1.82, 2.24) is 0 Å². The zero-order valence-corrected chi connectivity index (χ0v) is 27.6. The molecule has 0 aromatic carbocycles. The van der Waals surface area contributed by atoms with Gasteiger partial charge in [0.15, 0.2) is 0 Å². The lowest BCUT2D eigenvalue weighted by atomic mass is 9.33. The third-order valence-corrected chi connectivity index (χ3v) is 14.8. The van der Waals surface area contributed by atoms with E-state index >= 15 is 0 Å². The van der Waals surface area contributed by atoms with Crippen LogP contribution in [0.15, 0.2) is 0 Å². The number of rotatable bonds is 4. The largest absolute Gasteiger partial charge is 0.481 e. The summed E-state index contributed by atoms with van der Waals surface area (Å²) < 4.78 is 9.56. The Morgan fingerprint density at radius 3 is 2.12 bits per heavy atom. The van der Waals surface area contributed by atoms with E-state index in [1.807, 2.05) is 0 Å². The van der Waals surface area contributed by atoms with Gasteiger partial charge in [-0.25, -0.2) is 0 Å². The maximum Gasteiger partial charge on any atom is 0.309 e. The van der Waals surface area contributed by atoms with Crippen LogP contribution in [-0.4, -0.2) is 43.8 Å². The van der Waals surface area contributed by atoms with E-state index in [1.165, 1.54) is 70.6 Å². The van der Waals surface area contributed by atoms with E-state index in [4.69, 9.17) is 9.47 Å². The van der Waals surface area contributed by atoms with Crippen molar-refractivity contribution in [2.45, 2.75) is 143 Å². The lowest BCUT2D eigenvalue weighted by molar-refractivity contribution is -0.227. The fourth-order valence-corrected chi connectivity index (χ4v) is 12.3. The Bertz CT molecular complexity index is 940. The van der Waals surface area contributed by atoms with Crippen molar-refractivity contribution in [1.29, 1.82) is 0 Å². The van der Waals surface area contributed by atoms with Crippen LogP contribution in [0.3, 0.4) is 0 Å². The number of ether oxygens (including phenoxy) is 2. The Morgan fingerprint density at radius 2 is 1.52 bits per heavy atom. The van der Waals surface area contributed by atoms with Crippen LogP contribution in [-0.2, 0) is 19.1 Å². The topological polar surface area (TPSA) is 76.1 Å². The van der Waals surface area contributed by atoms with E-state index in [9.17, 15) is 14.7 Å². The minimum atomic E-state index is -0.471. The predicted molar refractivity (Wildman–Crippen MR) is 167 cm³/mol. The lowest BCUT2D eigenvalue weighted by Gasteiger charge is -2.71. The minimum Gasteiger partial charge on any atom is -0.481 e. The second kappa shape index (κ2) is 12.8. The van der Waals surface area contributed by atoms with Crippen molar-refractivity contribution >= 4 is 12.3 Å². The monoisotopic (exact) mass is 586 g/mol. The molecule has 10 atom stereocenters. The summed E-state index contributed by atoms with van der Waals surface area (Å²) in [6, 6.07) is 0. The molecule has 1 aliphatic heterocycles. The summed E-state index contributed by atoms with van der Waals surface area (Å²) >= 11 is 0. The molecule has 7 aliphatic rings. The van der Waals surface area contributed by atoms with E-state index in [-0.39, 0.29) is 5.41 Å². The van der Waals surface area contributed by atoms with E-state index in [0.29, 0.717) is 40.1 Å². The molecule has 240 valence electrons. The fourth-order valence-electron chi connectivity index (χ4n) is 12.3.